The Bertz CT molecular complexity index is 888. The maximum absolute atomic E-state index is 12.3. The lowest BCUT2D eigenvalue weighted by molar-refractivity contribution is 0.102. The van der Waals surface area contributed by atoms with Crippen LogP contribution in [0.5, 0.6) is 0 Å². The van der Waals surface area contributed by atoms with Crippen molar-refractivity contribution in [3.63, 3.8) is 0 Å². The van der Waals surface area contributed by atoms with E-state index in [1.54, 1.807) is 28.8 Å². The summed E-state index contributed by atoms with van der Waals surface area (Å²) in [6.07, 6.45) is 3.42. The Hall–Kier alpha value is -1.58. The van der Waals surface area contributed by atoms with Crippen molar-refractivity contribution >= 4 is 57.5 Å². The third-order valence-corrected chi connectivity index (χ3v) is 4.52. The lowest BCUT2D eigenvalue weighted by Crippen LogP contribution is -2.15. The summed E-state index contributed by atoms with van der Waals surface area (Å²) in [5.41, 5.74) is 1.36. The SMILES string of the molecule is Cn1cc(I)c(C(=O)Nc2nn(Cc3ccc(Cl)cc3)cc2Cl)n1. The maximum atomic E-state index is 12.3. The molecule has 6 nitrogen and oxygen atoms in total. The molecule has 0 atom stereocenters. The minimum atomic E-state index is -0.348. The predicted molar refractivity (Wildman–Crippen MR) is 102 cm³/mol. The van der Waals surface area contributed by atoms with Crippen molar-refractivity contribution in [2.75, 3.05) is 5.32 Å². The highest BCUT2D eigenvalue weighted by Crippen LogP contribution is 2.21. The molecule has 0 aliphatic rings. The molecule has 0 bridgehead atoms. The molecule has 3 aromatic rings. The molecule has 0 unspecified atom stereocenters. The van der Waals surface area contributed by atoms with Gasteiger partial charge in [0.2, 0.25) is 0 Å². The molecule has 0 aliphatic heterocycles. The predicted octanol–water partition coefficient (Wildman–Crippen LogP) is 3.83. The van der Waals surface area contributed by atoms with Gasteiger partial charge in [0.15, 0.2) is 11.5 Å². The van der Waals surface area contributed by atoms with Crippen LogP contribution in [-0.4, -0.2) is 25.5 Å². The summed E-state index contributed by atoms with van der Waals surface area (Å²) in [6.45, 7) is 0.522. The van der Waals surface area contributed by atoms with Crippen LogP contribution in [0.15, 0.2) is 36.7 Å². The zero-order valence-electron chi connectivity index (χ0n) is 12.5. The molecule has 0 fully saturated rings. The van der Waals surface area contributed by atoms with E-state index in [0.29, 0.717) is 28.1 Å². The Kier molecular flexibility index (Phi) is 5.12. The van der Waals surface area contributed by atoms with Gasteiger partial charge in [-0.15, -0.1) is 0 Å². The number of hydrogen-bond donors (Lipinski definition) is 1. The molecule has 3 rings (SSSR count). The Morgan fingerprint density at radius 3 is 2.54 bits per heavy atom. The summed E-state index contributed by atoms with van der Waals surface area (Å²) in [4.78, 5) is 12.3. The van der Waals surface area contributed by atoms with Gasteiger partial charge in [0.05, 0.1) is 10.1 Å². The first kappa shape index (κ1) is 17.2. The zero-order valence-corrected chi connectivity index (χ0v) is 16.2. The average Bonchev–Trinajstić information content (AvgIpc) is 3.04. The van der Waals surface area contributed by atoms with Gasteiger partial charge in [-0.3, -0.25) is 14.2 Å². The molecule has 0 spiro atoms. The number of amides is 1. The minimum Gasteiger partial charge on any atom is -0.302 e. The molecule has 2 aromatic heterocycles. The molecule has 0 saturated heterocycles. The van der Waals surface area contributed by atoms with Crippen LogP contribution in [0.3, 0.4) is 0 Å². The number of hydrogen-bond acceptors (Lipinski definition) is 3. The van der Waals surface area contributed by atoms with Crippen molar-refractivity contribution in [3.8, 4) is 0 Å². The fraction of sp³-hybridized carbons (Fsp3) is 0.133. The van der Waals surface area contributed by atoms with Crippen molar-refractivity contribution in [3.05, 3.63) is 61.5 Å². The smallest absolute Gasteiger partial charge is 0.278 e. The summed E-state index contributed by atoms with van der Waals surface area (Å²) in [7, 11) is 1.76. The maximum Gasteiger partial charge on any atom is 0.278 e. The molecule has 1 amide bonds. The van der Waals surface area contributed by atoms with Crippen LogP contribution in [0.2, 0.25) is 10.0 Å². The number of carbonyl (C=O) groups excluding carboxylic acids is 1. The highest BCUT2D eigenvalue weighted by molar-refractivity contribution is 14.1. The van der Waals surface area contributed by atoms with E-state index in [1.807, 2.05) is 24.3 Å². The molecule has 0 aliphatic carbocycles. The first-order valence-corrected chi connectivity index (χ1v) is 8.74. The van der Waals surface area contributed by atoms with Gasteiger partial charge in [0.25, 0.3) is 5.91 Å². The van der Waals surface area contributed by atoms with E-state index in [2.05, 4.69) is 38.1 Å². The Balaban J connectivity index is 1.75. The third-order valence-electron chi connectivity index (χ3n) is 3.21. The van der Waals surface area contributed by atoms with Crippen molar-refractivity contribution in [1.82, 2.24) is 19.6 Å². The summed E-state index contributed by atoms with van der Waals surface area (Å²) >= 11 is 14.1. The van der Waals surface area contributed by atoms with Crippen molar-refractivity contribution in [1.29, 1.82) is 0 Å². The number of halogens is 3. The minimum absolute atomic E-state index is 0.303. The summed E-state index contributed by atoms with van der Waals surface area (Å²) in [6, 6.07) is 7.44. The lowest BCUT2D eigenvalue weighted by atomic mass is 10.2. The molecule has 1 N–H and O–H groups in total. The van der Waals surface area contributed by atoms with Crippen LogP contribution in [0.25, 0.3) is 0 Å². The molecule has 24 heavy (non-hydrogen) atoms. The number of rotatable bonds is 4. The molecular formula is C15H12Cl2IN5O. The Labute approximate surface area is 161 Å². The fourth-order valence-corrected chi connectivity index (χ4v) is 3.20. The normalized spacial score (nSPS) is 10.8. The van der Waals surface area contributed by atoms with Gasteiger partial charge in [0.1, 0.15) is 5.02 Å². The highest BCUT2D eigenvalue weighted by Gasteiger charge is 2.17. The second-order valence-electron chi connectivity index (χ2n) is 5.10. The van der Waals surface area contributed by atoms with Crippen LogP contribution < -0.4 is 5.32 Å². The molecule has 2 heterocycles. The van der Waals surface area contributed by atoms with E-state index in [4.69, 9.17) is 23.2 Å². The van der Waals surface area contributed by atoms with E-state index in [-0.39, 0.29) is 5.91 Å². The van der Waals surface area contributed by atoms with E-state index >= 15 is 0 Å². The summed E-state index contributed by atoms with van der Waals surface area (Å²) in [5.74, 6) is -0.0456. The van der Waals surface area contributed by atoms with Gasteiger partial charge >= 0.3 is 0 Å². The van der Waals surface area contributed by atoms with Crippen molar-refractivity contribution < 1.29 is 4.79 Å². The van der Waals surface area contributed by atoms with E-state index in [1.165, 1.54) is 0 Å². The monoisotopic (exact) mass is 475 g/mol. The number of carbonyl (C=O) groups is 1. The van der Waals surface area contributed by atoms with Crippen LogP contribution in [0, 0.1) is 3.57 Å². The van der Waals surface area contributed by atoms with Crippen LogP contribution in [0.1, 0.15) is 16.1 Å². The average molecular weight is 476 g/mol. The van der Waals surface area contributed by atoms with Crippen LogP contribution >= 0.6 is 45.8 Å². The van der Waals surface area contributed by atoms with E-state index in [9.17, 15) is 4.79 Å². The van der Waals surface area contributed by atoms with Crippen LogP contribution in [0.4, 0.5) is 5.82 Å². The van der Waals surface area contributed by atoms with E-state index < -0.39 is 0 Å². The quantitative estimate of drug-likeness (QED) is 0.583. The summed E-state index contributed by atoms with van der Waals surface area (Å²) in [5, 5.41) is 12.2. The number of aromatic nitrogens is 4. The highest BCUT2D eigenvalue weighted by atomic mass is 127. The molecule has 1 aromatic carbocycles. The molecule has 0 saturated carbocycles. The Morgan fingerprint density at radius 1 is 1.21 bits per heavy atom. The van der Waals surface area contributed by atoms with Gasteiger partial charge in [-0.05, 0) is 40.3 Å². The first-order chi connectivity index (χ1) is 11.4. The third kappa shape index (κ3) is 3.90. The summed E-state index contributed by atoms with van der Waals surface area (Å²) < 4.78 is 3.99. The molecule has 124 valence electrons. The lowest BCUT2D eigenvalue weighted by Gasteiger charge is -2.02. The standard InChI is InChI=1S/C15H12Cl2IN5O/c1-22-8-12(18)13(20-22)15(24)19-14-11(17)7-23(21-14)6-9-2-4-10(16)5-3-9/h2-5,7-8H,6H2,1H3,(H,19,21,24). The second kappa shape index (κ2) is 7.12. The Morgan fingerprint density at radius 2 is 1.92 bits per heavy atom. The number of anilines is 1. The van der Waals surface area contributed by atoms with Crippen LogP contribution in [-0.2, 0) is 13.6 Å². The van der Waals surface area contributed by atoms with Crippen molar-refractivity contribution in [2.24, 2.45) is 7.05 Å². The zero-order chi connectivity index (χ0) is 17.3. The van der Waals surface area contributed by atoms with Gasteiger partial charge in [-0.2, -0.15) is 10.2 Å². The first-order valence-electron chi connectivity index (χ1n) is 6.90. The second-order valence-corrected chi connectivity index (χ2v) is 7.11. The van der Waals surface area contributed by atoms with E-state index in [0.717, 1.165) is 9.13 Å². The number of nitrogens with zero attached hydrogens (tertiary/aromatic N) is 4. The molecule has 9 heteroatoms. The fourth-order valence-electron chi connectivity index (χ4n) is 2.12. The van der Waals surface area contributed by atoms with Crippen molar-refractivity contribution in [2.45, 2.75) is 6.54 Å². The molecular weight excluding hydrogens is 464 g/mol. The number of aryl methyl sites for hydroxylation is 1. The van der Waals surface area contributed by atoms with Gasteiger partial charge in [-0.1, -0.05) is 35.3 Å². The van der Waals surface area contributed by atoms with Gasteiger partial charge < -0.3 is 5.32 Å². The largest absolute Gasteiger partial charge is 0.302 e. The van der Waals surface area contributed by atoms with Gasteiger partial charge in [-0.25, -0.2) is 0 Å². The topological polar surface area (TPSA) is 64.7 Å². The molecule has 0 radical (unpaired) electrons. The number of benzene rings is 1. The number of nitrogens with one attached hydrogen (secondary N) is 1. The van der Waals surface area contributed by atoms with Gasteiger partial charge in [0, 0.05) is 24.5 Å².